The molecule has 0 fully saturated rings. The van der Waals surface area contributed by atoms with Gasteiger partial charge in [0, 0.05) is 38.1 Å². The third kappa shape index (κ3) is 24.1. The second kappa shape index (κ2) is 12.2. The molecular weight excluding hydrogens is 338 g/mol. The molecule has 0 atom stereocenters. The average molecular weight is 366 g/mol. The van der Waals surface area contributed by atoms with Crippen molar-refractivity contribution >= 4 is 23.9 Å². The minimum absolute atomic E-state index is 0.223. The maximum atomic E-state index is 10.8. The minimum atomic E-state index is -0.724. The number of hydrogen-bond acceptors (Lipinski definition) is 10. The maximum absolute atomic E-state index is 10.8. The predicted octanol–water partition coefficient (Wildman–Crippen LogP) is -0.175. The van der Waals surface area contributed by atoms with E-state index in [1.807, 2.05) is 0 Å². The molecule has 0 aromatic heterocycles. The molecule has 11 nitrogen and oxygen atoms in total. The highest BCUT2D eigenvalue weighted by Gasteiger charge is 2.18. The lowest BCUT2D eigenvalue weighted by Gasteiger charge is -2.22. The Kier molecular flexibility index (Phi) is 12.2. The van der Waals surface area contributed by atoms with Crippen molar-refractivity contribution in [1.82, 2.24) is 10.5 Å². The summed E-state index contributed by atoms with van der Waals surface area (Å²) in [7, 11) is 8.50. The Morgan fingerprint density at radius 2 is 0.760 bits per heavy atom. The van der Waals surface area contributed by atoms with Crippen molar-refractivity contribution in [2.75, 3.05) is 41.3 Å². The normalized spacial score (nSPS) is 10.5. The lowest BCUT2D eigenvalue weighted by Crippen LogP contribution is -2.38. The molecule has 0 aliphatic heterocycles. The van der Waals surface area contributed by atoms with Gasteiger partial charge < -0.3 is 23.8 Å². The number of carbonyl (C=O) groups excluding carboxylic acids is 4. The Labute approximate surface area is 147 Å². The fourth-order valence-electron chi connectivity index (χ4n) is 0.957. The van der Waals surface area contributed by atoms with Gasteiger partial charge in [0.2, 0.25) is 0 Å². The van der Waals surface area contributed by atoms with E-state index in [4.69, 9.17) is 0 Å². The summed E-state index contributed by atoms with van der Waals surface area (Å²) in [4.78, 5) is 61.4. The van der Waals surface area contributed by atoms with Crippen LogP contribution in [0.5, 0.6) is 0 Å². The Bertz CT molecular complexity index is 387. The number of hydroxylamine groups is 4. The van der Waals surface area contributed by atoms with E-state index in [0.717, 1.165) is 32.2 Å². The number of hydrogen-bond donors (Lipinski definition) is 0. The molecule has 0 spiro atoms. The zero-order valence-electron chi connectivity index (χ0n) is 16.0. The molecule has 0 aromatic carbocycles. The Morgan fingerprint density at radius 3 is 0.880 bits per heavy atom. The van der Waals surface area contributed by atoms with E-state index in [0.29, 0.717) is 10.5 Å². The molecule has 0 aromatic rings. The smallest absolute Gasteiger partial charge is 0.326 e. The van der Waals surface area contributed by atoms with Crippen LogP contribution < -0.4 is 0 Å². The molecule has 0 saturated heterocycles. The molecule has 0 radical (unpaired) electrons. The summed E-state index contributed by atoms with van der Waals surface area (Å²) in [5.74, 6) is -2.90. The van der Waals surface area contributed by atoms with E-state index in [1.165, 1.54) is 0 Å². The van der Waals surface area contributed by atoms with E-state index in [1.54, 1.807) is 0 Å². The van der Waals surface area contributed by atoms with Crippen LogP contribution in [0.15, 0.2) is 0 Å². The molecule has 0 unspecified atom stereocenters. The zero-order chi connectivity index (χ0) is 20.2. The van der Waals surface area contributed by atoms with Gasteiger partial charge in [0.1, 0.15) is 0 Å². The van der Waals surface area contributed by atoms with Crippen LogP contribution in [-0.4, -0.2) is 80.1 Å². The Hall–Kier alpha value is -2.24. The molecule has 0 bridgehead atoms. The van der Waals surface area contributed by atoms with Gasteiger partial charge in [-0.1, -0.05) is 0 Å². The highest BCUT2D eigenvalue weighted by atomic mass is 17.0. The molecule has 25 heavy (non-hydrogen) atoms. The van der Waals surface area contributed by atoms with Crippen molar-refractivity contribution in [2.24, 2.45) is 0 Å². The fourth-order valence-corrected chi connectivity index (χ4v) is 0.957. The highest BCUT2D eigenvalue weighted by Crippen LogP contribution is 1.99. The quantitative estimate of drug-likeness (QED) is 0.444. The molecule has 146 valence electrons. The second-order valence-electron chi connectivity index (χ2n) is 6.13. The van der Waals surface area contributed by atoms with Crippen LogP contribution in [0.3, 0.4) is 0 Å². The first kappa shape index (κ1) is 25.0. The second-order valence-corrected chi connectivity index (χ2v) is 6.13. The molecule has 0 amide bonds. The van der Waals surface area contributed by atoms with Crippen molar-refractivity contribution in [1.29, 1.82) is 0 Å². The molecular formula is C14H28N3O8+. The summed E-state index contributed by atoms with van der Waals surface area (Å²) in [6, 6.07) is 0. The highest BCUT2D eigenvalue weighted by molar-refractivity contribution is 5.67. The van der Waals surface area contributed by atoms with Crippen molar-refractivity contribution in [3.63, 3.8) is 0 Å². The summed E-state index contributed by atoms with van der Waals surface area (Å²) in [6.45, 7) is 3.97. The molecule has 0 rings (SSSR count). The SMILES string of the molecule is CC(=O)ON(CCN(OC(C)=O)OC(C)=O)OC(C)=O.C[N+](C)(C)C. The fraction of sp³-hybridized carbons (Fsp3) is 0.714. The van der Waals surface area contributed by atoms with E-state index in [-0.39, 0.29) is 13.1 Å². The largest absolute Gasteiger partial charge is 0.333 e. The lowest BCUT2D eigenvalue weighted by molar-refractivity contribution is -0.849. The summed E-state index contributed by atoms with van der Waals surface area (Å²) in [6.07, 6.45) is 0. The van der Waals surface area contributed by atoms with E-state index in [2.05, 4.69) is 47.5 Å². The summed E-state index contributed by atoms with van der Waals surface area (Å²) >= 11 is 0. The van der Waals surface area contributed by atoms with Crippen LogP contribution in [0.2, 0.25) is 0 Å². The number of quaternary nitrogens is 1. The summed E-state index contributed by atoms with van der Waals surface area (Å²) in [5, 5.41) is 1.15. The monoisotopic (exact) mass is 366 g/mol. The van der Waals surface area contributed by atoms with Gasteiger partial charge in [0.25, 0.3) is 0 Å². The maximum Gasteiger partial charge on any atom is 0.326 e. The van der Waals surface area contributed by atoms with Gasteiger partial charge in [-0.3, -0.25) is 19.2 Å². The van der Waals surface area contributed by atoms with Crippen LogP contribution in [0.4, 0.5) is 0 Å². The van der Waals surface area contributed by atoms with Gasteiger partial charge in [-0.25, -0.2) is 0 Å². The van der Waals surface area contributed by atoms with E-state index in [9.17, 15) is 19.2 Å². The number of nitrogens with zero attached hydrogens (tertiary/aromatic N) is 3. The van der Waals surface area contributed by atoms with E-state index < -0.39 is 23.9 Å². The Balaban J connectivity index is 0. The van der Waals surface area contributed by atoms with Crippen LogP contribution >= 0.6 is 0 Å². The molecule has 0 aliphatic carbocycles. The molecule has 0 heterocycles. The topological polar surface area (TPSA) is 112 Å². The number of rotatable bonds is 7. The molecule has 0 N–H and O–H groups in total. The van der Waals surface area contributed by atoms with Crippen LogP contribution in [-0.2, 0) is 38.5 Å². The molecule has 0 aliphatic rings. The zero-order valence-corrected chi connectivity index (χ0v) is 16.0. The lowest BCUT2D eigenvalue weighted by atomic mass is 10.7. The van der Waals surface area contributed by atoms with Gasteiger partial charge in [0.15, 0.2) is 0 Å². The predicted molar refractivity (Wildman–Crippen MR) is 84.4 cm³/mol. The Morgan fingerprint density at radius 1 is 0.600 bits per heavy atom. The van der Waals surface area contributed by atoms with Gasteiger partial charge in [0.05, 0.1) is 41.3 Å². The third-order valence-electron chi connectivity index (χ3n) is 1.39. The molecule has 11 heteroatoms. The average Bonchev–Trinajstić information content (AvgIpc) is 2.30. The van der Waals surface area contributed by atoms with Gasteiger partial charge >= 0.3 is 23.9 Å². The van der Waals surface area contributed by atoms with Gasteiger partial charge in [-0.05, 0) is 0 Å². The standard InChI is InChI=1S/C10H16N2O8.C4H12N/c1-7(13)17-11(18-8(2)14)5-6-12(19-9(3)15)20-10(4)16;1-5(2,3)4/h5-6H2,1-4H3;1-4H3/q;+1. The van der Waals surface area contributed by atoms with Gasteiger partial charge in [-0.2, -0.15) is 0 Å². The minimum Gasteiger partial charge on any atom is -0.333 e. The van der Waals surface area contributed by atoms with Crippen molar-refractivity contribution in [3.05, 3.63) is 0 Å². The first-order valence-corrected chi connectivity index (χ1v) is 7.28. The number of carbonyl (C=O) groups is 4. The van der Waals surface area contributed by atoms with Crippen LogP contribution in [0, 0.1) is 0 Å². The van der Waals surface area contributed by atoms with Crippen LogP contribution in [0.25, 0.3) is 0 Å². The summed E-state index contributed by atoms with van der Waals surface area (Å²) < 4.78 is 1.00. The first-order chi connectivity index (χ1) is 11.2. The van der Waals surface area contributed by atoms with Crippen molar-refractivity contribution < 1.29 is 43.0 Å². The summed E-state index contributed by atoms with van der Waals surface area (Å²) in [5.41, 5.74) is 0. The van der Waals surface area contributed by atoms with Gasteiger partial charge in [-0.15, -0.1) is 0 Å². The van der Waals surface area contributed by atoms with Crippen LogP contribution in [0.1, 0.15) is 27.7 Å². The van der Waals surface area contributed by atoms with Crippen molar-refractivity contribution in [3.8, 4) is 0 Å². The first-order valence-electron chi connectivity index (χ1n) is 7.28. The molecule has 0 saturated carbocycles. The van der Waals surface area contributed by atoms with E-state index >= 15 is 0 Å². The third-order valence-corrected chi connectivity index (χ3v) is 1.39. The van der Waals surface area contributed by atoms with Crippen molar-refractivity contribution in [2.45, 2.75) is 27.7 Å².